The van der Waals surface area contributed by atoms with E-state index in [1.54, 1.807) is 16.4 Å². The van der Waals surface area contributed by atoms with Gasteiger partial charge in [-0.1, -0.05) is 19.1 Å². The molecule has 0 aromatic carbocycles. The van der Waals surface area contributed by atoms with Gasteiger partial charge in [0.2, 0.25) is 0 Å². The lowest BCUT2D eigenvalue weighted by Crippen LogP contribution is -2.15. The number of aromatic nitrogens is 3. The maximum absolute atomic E-state index is 9.66. The minimum Gasteiger partial charge on any atom is -0.392 e. The first kappa shape index (κ1) is 11.5. The third kappa shape index (κ3) is 4.11. The number of aliphatic hydroxyl groups excluding tert-OH is 1. The van der Waals surface area contributed by atoms with Gasteiger partial charge in [0.1, 0.15) is 0 Å². The number of aliphatic hydroxyl groups is 1. The fourth-order valence-corrected chi connectivity index (χ4v) is 1.82. The van der Waals surface area contributed by atoms with E-state index in [1.165, 1.54) is 0 Å². The summed E-state index contributed by atoms with van der Waals surface area (Å²) in [7, 11) is 1.83. The summed E-state index contributed by atoms with van der Waals surface area (Å²) in [6.07, 6.45) is 2.11. The number of nitrogens with zero attached hydrogens (tertiary/aromatic N) is 3. The summed E-state index contributed by atoms with van der Waals surface area (Å²) < 4.78 is 1.65. The van der Waals surface area contributed by atoms with Crippen molar-refractivity contribution in [2.45, 2.75) is 31.6 Å². The van der Waals surface area contributed by atoms with Crippen molar-refractivity contribution in [2.75, 3.05) is 5.75 Å². The van der Waals surface area contributed by atoms with Crippen LogP contribution in [0.25, 0.3) is 0 Å². The Hall–Kier alpha value is -0.550. The van der Waals surface area contributed by atoms with Gasteiger partial charge in [-0.2, -0.15) is 11.8 Å². The highest BCUT2D eigenvalue weighted by molar-refractivity contribution is 7.99. The van der Waals surface area contributed by atoms with E-state index in [4.69, 9.17) is 0 Å². The summed E-state index contributed by atoms with van der Waals surface area (Å²) in [5.74, 6) is 0.758. The third-order valence-electron chi connectivity index (χ3n) is 1.72. The van der Waals surface area contributed by atoms with Crippen LogP contribution in [0.3, 0.4) is 0 Å². The minimum atomic E-state index is -0.320. The van der Waals surface area contributed by atoms with Crippen molar-refractivity contribution in [1.82, 2.24) is 15.0 Å². The highest BCUT2D eigenvalue weighted by Crippen LogP contribution is 2.12. The average Bonchev–Trinajstić information content (AvgIpc) is 2.48. The molecular weight excluding hydrogens is 198 g/mol. The van der Waals surface area contributed by atoms with Crippen molar-refractivity contribution in [3.8, 4) is 0 Å². The topological polar surface area (TPSA) is 50.9 Å². The zero-order valence-electron chi connectivity index (χ0n) is 8.84. The first-order valence-corrected chi connectivity index (χ1v) is 5.77. The van der Waals surface area contributed by atoms with Crippen LogP contribution in [0.2, 0.25) is 0 Å². The molecule has 1 aromatic rings. The van der Waals surface area contributed by atoms with Gasteiger partial charge in [0.15, 0.2) is 0 Å². The first-order chi connectivity index (χ1) is 6.58. The molecule has 0 aliphatic rings. The summed E-state index contributed by atoms with van der Waals surface area (Å²) in [6.45, 7) is 4.25. The summed E-state index contributed by atoms with van der Waals surface area (Å²) >= 11 is 1.76. The molecule has 0 aliphatic heterocycles. The zero-order valence-corrected chi connectivity index (χ0v) is 9.66. The number of hydrogen-bond acceptors (Lipinski definition) is 4. The molecular formula is C9H17N3OS. The molecule has 0 radical (unpaired) electrons. The van der Waals surface area contributed by atoms with Gasteiger partial charge in [0.05, 0.1) is 11.8 Å². The molecule has 1 rings (SSSR count). The van der Waals surface area contributed by atoms with Gasteiger partial charge in [0.25, 0.3) is 0 Å². The van der Waals surface area contributed by atoms with Crippen molar-refractivity contribution in [3.05, 3.63) is 11.9 Å². The maximum atomic E-state index is 9.66. The van der Waals surface area contributed by atoms with Crippen molar-refractivity contribution >= 4 is 11.8 Å². The zero-order chi connectivity index (χ0) is 10.6. The molecule has 1 heterocycles. The third-order valence-corrected chi connectivity index (χ3v) is 2.96. The van der Waals surface area contributed by atoms with E-state index in [-0.39, 0.29) is 6.10 Å². The summed E-state index contributed by atoms with van der Waals surface area (Å²) in [5.41, 5.74) is 0.851. The lowest BCUT2D eigenvalue weighted by molar-refractivity contribution is 0.198. The predicted molar refractivity (Wildman–Crippen MR) is 58.3 cm³/mol. The average molecular weight is 215 g/mol. The number of thioether (sulfide) groups is 1. The Morgan fingerprint density at radius 2 is 2.29 bits per heavy atom. The highest BCUT2D eigenvalue weighted by Gasteiger charge is 2.09. The van der Waals surface area contributed by atoms with Gasteiger partial charge in [-0.25, -0.2) is 0 Å². The second-order valence-electron chi connectivity index (χ2n) is 3.62. The number of rotatable bonds is 5. The van der Waals surface area contributed by atoms with Crippen molar-refractivity contribution in [3.63, 3.8) is 0 Å². The number of aryl methyl sites for hydroxylation is 1. The van der Waals surface area contributed by atoms with Crippen LogP contribution in [-0.4, -0.2) is 37.2 Å². The summed E-state index contributed by atoms with van der Waals surface area (Å²) in [4.78, 5) is 0. The molecule has 1 N–H and O–H groups in total. The molecule has 1 aromatic heterocycles. The lowest BCUT2D eigenvalue weighted by atomic mass is 10.2. The molecule has 1 unspecified atom stereocenters. The Morgan fingerprint density at radius 3 is 2.79 bits per heavy atom. The summed E-state index contributed by atoms with van der Waals surface area (Å²) in [6, 6.07) is 0. The van der Waals surface area contributed by atoms with Gasteiger partial charge >= 0.3 is 0 Å². The van der Waals surface area contributed by atoms with Crippen molar-refractivity contribution < 1.29 is 5.11 Å². The molecule has 1 atom stereocenters. The van der Waals surface area contributed by atoms with E-state index < -0.39 is 0 Å². The van der Waals surface area contributed by atoms with Gasteiger partial charge in [-0.05, 0) is 5.25 Å². The fraction of sp³-hybridized carbons (Fsp3) is 0.778. The molecule has 0 aliphatic carbocycles. The Kier molecular flexibility index (Phi) is 4.41. The normalized spacial score (nSPS) is 13.5. The second kappa shape index (κ2) is 5.36. The molecule has 0 amide bonds. The molecule has 0 bridgehead atoms. The van der Waals surface area contributed by atoms with Crippen LogP contribution < -0.4 is 0 Å². The van der Waals surface area contributed by atoms with Gasteiger partial charge in [-0.15, -0.1) is 5.10 Å². The van der Waals surface area contributed by atoms with Crippen LogP contribution in [-0.2, 0) is 13.5 Å². The molecule has 80 valence electrons. The highest BCUT2D eigenvalue weighted by atomic mass is 32.2. The van der Waals surface area contributed by atoms with Crippen LogP contribution in [0.4, 0.5) is 0 Å². The van der Waals surface area contributed by atoms with E-state index in [0.29, 0.717) is 11.7 Å². The molecule has 0 spiro atoms. The fourth-order valence-electron chi connectivity index (χ4n) is 1.09. The van der Waals surface area contributed by atoms with E-state index in [2.05, 4.69) is 24.2 Å². The monoisotopic (exact) mass is 215 g/mol. The molecule has 0 saturated carbocycles. The standard InChI is InChI=1S/C9H17N3OS/c1-7(2)14-6-9(13)4-8-5-12(3)11-10-8/h5,7,9,13H,4,6H2,1-3H3. The van der Waals surface area contributed by atoms with Crippen LogP contribution in [0.1, 0.15) is 19.5 Å². The molecule has 0 fully saturated rings. The SMILES string of the molecule is CC(C)SCC(O)Cc1cn(C)nn1. The summed E-state index contributed by atoms with van der Waals surface area (Å²) in [5, 5.41) is 18.0. The van der Waals surface area contributed by atoms with Crippen LogP contribution in [0.5, 0.6) is 0 Å². The predicted octanol–water partition coefficient (Wildman–Crippen LogP) is 0.860. The van der Waals surface area contributed by atoms with Gasteiger partial charge < -0.3 is 5.11 Å². The Morgan fingerprint density at radius 1 is 1.57 bits per heavy atom. The van der Waals surface area contributed by atoms with Crippen molar-refractivity contribution in [1.29, 1.82) is 0 Å². The maximum Gasteiger partial charge on any atom is 0.0853 e. The smallest absolute Gasteiger partial charge is 0.0853 e. The molecule has 4 nitrogen and oxygen atoms in total. The Labute approximate surface area is 88.7 Å². The van der Waals surface area contributed by atoms with E-state index in [9.17, 15) is 5.11 Å². The van der Waals surface area contributed by atoms with E-state index in [1.807, 2.05) is 13.2 Å². The molecule has 14 heavy (non-hydrogen) atoms. The van der Waals surface area contributed by atoms with Gasteiger partial charge in [0, 0.05) is 25.4 Å². The van der Waals surface area contributed by atoms with Crippen LogP contribution in [0, 0.1) is 0 Å². The number of hydrogen-bond donors (Lipinski definition) is 1. The van der Waals surface area contributed by atoms with Gasteiger partial charge in [-0.3, -0.25) is 4.68 Å². The van der Waals surface area contributed by atoms with E-state index >= 15 is 0 Å². The second-order valence-corrected chi connectivity index (χ2v) is 5.23. The quantitative estimate of drug-likeness (QED) is 0.791. The first-order valence-electron chi connectivity index (χ1n) is 4.73. The van der Waals surface area contributed by atoms with Crippen molar-refractivity contribution in [2.24, 2.45) is 7.05 Å². The Balaban J connectivity index is 2.30. The van der Waals surface area contributed by atoms with E-state index in [0.717, 1.165) is 11.4 Å². The van der Waals surface area contributed by atoms with Crippen LogP contribution in [0.15, 0.2) is 6.20 Å². The molecule has 0 saturated heterocycles. The minimum absolute atomic E-state index is 0.320. The molecule has 5 heteroatoms. The largest absolute Gasteiger partial charge is 0.392 e. The van der Waals surface area contributed by atoms with Crippen LogP contribution >= 0.6 is 11.8 Å². The Bertz CT molecular complexity index is 275. The lowest BCUT2D eigenvalue weighted by Gasteiger charge is -2.09.